The second-order valence-electron chi connectivity index (χ2n) is 6.79. The van der Waals surface area contributed by atoms with Gasteiger partial charge in [0.2, 0.25) is 5.91 Å². The lowest BCUT2D eigenvalue weighted by Crippen LogP contribution is -2.38. The average molecular weight is 353 g/mol. The molecule has 1 fully saturated rings. The topological polar surface area (TPSA) is 54.5 Å². The molecule has 26 heavy (non-hydrogen) atoms. The van der Waals surface area contributed by atoms with Crippen LogP contribution in [0.3, 0.4) is 0 Å². The molecule has 1 aromatic heterocycles. The third-order valence-corrected chi connectivity index (χ3v) is 5.01. The van der Waals surface area contributed by atoms with E-state index in [1.807, 2.05) is 36.5 Å². The molecule has 1 N–H and O–H groups in total. The summed E-state index contributed by atoms with van der Waals surface area (Å²) in [6.07, 6.45) is 7.22. The van der Waals surface area contributed by atoms with Crippen molar-refractivity contribution in [3.8, 4) is 5.75 Å². The highest BCUT2D eigenvalue weighted by atomic mass is 16.5. The molecule has 1 aromatic carbocycles. The Bertz CT molecular complexity index is 680. The third kappa shape index (κ3) is 5.22. The van der Waals surface area contributed by atoms with E-state index in [0.717, 1.165) is 50.2 Å². The molecule has 2 aromatic rings. The number of pyridine rings is 1. The van der Waals surface area contributed by atoms with Gasteiger partial charge in [-0.25, -0.2) is 0 Å². The van der Waals surface area contributed by atoms with Gasteiger partial charge in [0, 0.05) is 32.3 Å². The Kier molecular flexibility index (Phi) is 6.47. The van der Waals surface area contributed by atoms with E-state index in [0.29, 0.717) is 12.3 Å². The van der Waals surface area contributed by atoms with Gasteiger partial charge < -0.3 is 15.0 Å². The predicted octanol–water partition coefficient (Wildman–Crippen LogP) is 3.06. The Labute approximate surface area is 155 Å². The third-order valence-electron chi connectivity index (χ3n) is 5.01. The molecule has 0 radical (unpaired) electrons. The quantitative estimate of drug-likeness (QED) is 0.831. The molecular weight excluding hydrogens is 326 g/mol. The second-order valence-corrected chi connectivity index (χ2v) is 6.79. The van der Waals surface area contributed by atoms with Gasteiger partial charge in [-0.15, -0.1) is 0 Å². The molecule has 1 aliphatic rings. The molecule has 1 saturated heterocycles. The van der Waals surface area contributed by atoms with E-state index in [4.69, 9.17) is 4.74 Å². The fourth-order valence-corrected chi connectivity index (χ4v) is 3.33. The molecule has 0 unspecified atom stereocenters. The monoisotopic (exact) mass is 353 g/mol. The van der Waals surface area contributed by atoms with Gasteiger partial charge in [-0.1, -0.05) is 12.1 Å². The molecule has 5 heteroatoms. The van der Waals surface area contributed by atoms with Crippen LogP contribution in [0.25, 0.3) is 0 Å². The minimum atomic E-state index is 0.135. The Morgan fingerprint density at radius 2 is 2.00 bits per heavy atom. The summed E-state index contributed by atoms with van der Waals surface area (Å²) in [5, 5.41) is 3.11. The number of carbonyl (C=O) groups excluding carboxylic acids is 1. The van der Waals surface area contributed by atoms with Crippen molar-refractivity contribution in [2.75, 3.05) is 31.6 Å². The number of aryl methyl sites for hydroxylation is 1. The van der Waals surface area contributed by atoms with Crippen LogP contribution < -0.4 is 15.0 Å². The molecule has 1 amide bonds. The number of carbonyl (C=O) groups is 1. The summed E-state index contributed by atoms with van der Waals surface area (Å²) in [5.74, 6) is 1.54. The molecule has 0 spiro atoms. The molecule has 0 saturated carbocycles. The van der Waals surface area contributed by atoms with Crippen LogP contribution in [0.5, 0.6) is 5.75 Å². The van der Waals surface area contributed by atoms with Gasteiger partial charge in [0.05, 0.1) is 19.0 Å². The van der Waals surface area contributed by atoms with Gasteiger partial charge in [0.15, 0.2) is 0 Å². The number of nitrogens with zero attached hydrogens (tertiary/aromatic N) is 2. The summed E-state index contributed by atoms with van der Waals surface area (Å²) < 4.78 is 5.15. The van der Waals surface area contributed by atoms with Gasteiger partial charge in [-0.2, -0.15) is 0 Å². The van der Waals surface area contributed by atoms with Gasteiger partial charge in [0.25, 0.3) is 0 Å². The lowest BCUT2D eigenvalue weighted by Gasteiger charge is -2.33. The second kappa shape index (κ2) is 9.22. The van der Waals surface area contributed by atoms with E-state index in [2.05, 4.69) is 21.3 Å². The van der Waals surface area contributed by atoms with Crippen molar-refractivity contribution in [2.24, 2.45) is 5.92 Å². The first-order valence-electron chi connectivity index (χ1n) is 9.29. The number of nitrogens with one attached hydrogen (secondary N) is 1. The van der Waals surface area contributed by atoms with E-state index >= 15 is 0 Å². The summed E-state index contributed by atoms with van der Waals surface area (Å²) in [4.78, 5) is 18.7. The van der Waals surface area contributed by atoms with Crippen molar-refractivity contribution >= 4 is 11.6 Å². The predicted molar refractivity (Wildman–Crippen MR) is 103 cm³/mol. The van der Waals surface area contributed by atoms with Crippen LogP contribution in [0.15, 0.2) is 48.8 Å². The van der Waals surface area contributed by atoms with Crippen molar-refractivity contribution < 1.29 is 9.53 Å². The van der Waals surface area contributed by atoms with Crippen molar-refractivity contribution in [3.63, 3.8) is 0 Å². The zero-order valence-corrected chi connectivity index (χ0v) is 15.4. The SMILES string of the molecule is COc1ccc(CCC(=O)NCC2CCN(c3cccnc3)CC2)cc1. The summed E-state index contributed by atoms with van der Waals surface area (Å²) in [6, 6.07) is 12.0. The number of piperidine rings is 1. The van der Waals surface area contributed by atoms with Gasteiger partial charge >= 0.3 is 0 Å². The first kappa shape index (κ1) is 18.2. The summed E-state index contributed by atoms with van der Waals surface area (Å²) >= 11 is 0. The number of amides is 1. The van der Waals surface area contributed by atoms with Crippen LogP contribution >= 0.6 is 0 Å². The number of methoxy groups -OCH3 is 1. The number of rotatable bonds is 7. The molecule has 1 aliphatic heterocycles. The van der Waals surface area contributed by atoms with Crippen LogP contribution in [0.4, 0.5) is 5.69 Å². The van der Waals surface area contributed by atoms with Crippen LogP contribution in [-0.2, 0) is 11.2 Å². The lowest BCUT2D eigenvalue weighted by atomic mass is 9.96. The van der Waals surface area contributed by atoms with Crippen LogP contribution in [-0.4, -0.2) is 37.6 Å². The highest BCUT2D eigenvalue weighted by Gasteiger charge is 2.19. The summed E-state index contributed by atoms with van der Waals surface area (Å²) in [6.45, 7) is 2.83. The summed E-state index contributed by atoms with van der Waals surface area (Å²) in [5.41, 5.74) is 2.35. The zero-order valence-electron chi connectivity index (χ0n) is 15.4. The normalized spacial score (nSPS) is 14.9. The smallest absolute Gasteiger partial charge is 0.220 e. The van der Waals surface area contributed by atoms with E-state index in [1.165, 1.54) is 5.69 Å². The Balaban J connectivity index is 1.34. The fraction of sp³-hybridized carbons (Fsp3) is 0.429. The van der Waals surface area contributed by atoms with Gasteiger partial charge in [0.1, 0.15) is 5.75 Å². The Hall–Kier alpha value is -2.56. The molecule has 2 heterocycles. The van der Waals surface area contributed by atoms with Crippen molar-refractivity contribution in [1.82, 2.24) is 10.3 Å². The molecule has 0 atom stereocenters. The molecule has 138 valence electrons. The number of aromatic nitrogens is 1. The van der Waals surface area contributed by atoms with Crippen LogP contribution in [0.2, 0.25) is 0 Å². The number of ether oxygens (including phenoxy) is 1. The molecule has 0 aliphatic carbocycles. The van der Waals surface area contributed by atoms with Crippen molar-refractivity contribution in [3.05, 3.63) is 54.4 Å². The maximum atomic E-state index is 12.1. The highest BCUT2D eigenvalue weighted by Crippen LogP contribution is 2.22. The molecular formula is C21H27N3O2. The Morgan fingerprint density at radius 1 is 1.23 bits per heavy atom. The average Bonchev–Trinajstić information content (AvgIpc) is 2.72. The van der Waals surface area contributed by atoms with Crippen LogP contribution in [0, 0.1) is 5.92 Å². The van der Waals surface area contributed by atoms with Gasteiger partial charge in [-0.3, -0.25) is 9.78 Å². The van der Waals surface area contributed by atoms with E-state index in [-0.39, 0.29) is 5.91 Å². The number of hydrogen-bond donors (Lipinski definition) is 1. The van der Waals surface area contributed by atoms with E-state index in [9.17, 15) is 4.79 Å². The Morgan fingerprint density at radius 3 is 2.65 bits per heavy atom. The molecule has 5 nitrogen and oxygen atoms in total. The number of hydrogen-bond acceptors (Lipinski definition) is 4. The van der Waals surface area contributed by atoms with Crippen molar-refractivity contribution in [1.29, 1.82) is 0 Å². The number of anilines is 1. The minimum absolute atomic E-state index is 0.135. The first-order chi connectivity index (χ1) is 12.7. The standard InChI is InChI=1S/C21H27N3O2/c1-26-20-7-4-17(5-8-20)6-9-21(25)23-15-18-10-13-24(14-11-18)19-3-2-12-22-16-19/h2-5,7-8,12,16,18H,6,9-11,13-15H2,1H3,(H,23,25). The lowest BCUT2D eigenvalue weighted by molar-refractivity contribution is -0.121. The van der Waals surface area contributed by atoms with E-state index in [1.54, 1.807) is 13.3 Å². The molecule has 3 rings (SSSR count). The fourth-order valence-electron chi connectivity index (χ4n) is 3.33. The van der Waals surface area contributed by atoms with Crippen LogP contribution in [0.1, 0.15) is 24.8 Å². The molecule has 0 bridgehead atoms. The minimum Gasteiger partial charge on any atom is -0.497 e. The maximum Gasteiger partial charge on any atom is 0.220 e. The zero-order chi connectivity index (χ0) is 18.2. The maximum absolute atomic E-state index is 12.1. The summed E-state index contributed by atoms with van der Waals surface area (Å²) in [7, 11) is 1.66. The van der Waals surface area contributed by atoms with E-state index < -0.39 is 0 Å². The van der Waals surface area contributed by atoms with Crippen molar-refractivity contribution in [2.45, 2.75) is 25.7 Å². The highest BCUT2D eigenvalue weighted by molar-refractivity contribution is 5.76. The van der Waals surface area contributed by atoms with Gasteiger partial charge in [-0.05, 0) is 55.0 Å². The largest absolute Gasteiger partial charge is 0.497 e. The number of benzene rings is 1. The first-order valence-corrected chi connectivity index (χ1v) is 9.29.